The number of benzene rings is 1. The minimum Gasteiger partial charge on any atom is -0.355 e. The van der Waals surface area contributed by atoms with Crippen LogP contribution in [-0.4, -0.2) is 29.9 Å². The maximum absolute atomic E-state index is 4.62. The van der Waals surface area contributed by atoms with Gasteiger partial charge in [0.05, 0.1) is 33.8 Å². The zero-order valence-electron chi connectivity index (χ0n) is 20.3. The number of rotatable bonds is 0. The maximum atomic E-state index is 4.62. The molecule has 5 aromatic heterocycles. The maximum Gasteiger partial charge on any atom is 0.0795 e. The van der Waals surface area contributed by atoms with E-state index >= 15 is 0 Å². The standard InChI is InChI=1S/C20H14N4.C12H8N2/c1-2-14-10-16-5-6-18(23-16)12-20-8-7-19(24-20)11-17-4-3-15(22-17)9-13(1)21-14;1-3-9-5-6-11-10(4-2-7-13-11)12(9)14-8-1/h1-12,21-22H;1-8H. The van der Waals surface area contributed by atoms with Crippen LogP contribution in [0, 0.1) is 0 Å². The third-order valence-electron chi connectivity index (χ3n) is 6.40. The Morgan fingerprint density at radius 3 is 1.68 bits per heavy atom. The average molecular weight is 491 g/mol. The third-order valence-corrected chi connectivity index (χ3v) is 6.40. The van der Waals surface area contributed by atoms with Gasteiger partial charge in [-0.3, -0.25) is 9.97 Å². The Morgan fingerprint density at radius 1 is 0.474 bits per heavy atom. The van der Waals surface area contributed by atoms with Crippen molar-refractivity contribution in [3.8, 4) is 0 Å². The van der Waals surface area contributed by atoms with Gasteiger partial charge in [-0.1, -0.05) is 12.1 Å². The highest BCUT2D eigenvalue weighted by atomic mass is 14.8. The van der Waals surface area contributed by atoms with Gasteiger partial charge >= 0.3 is 0 Å². The first kappa shape index (κ1) is 21.9. The van der Waals surface area contributed by atoms with Crippen molar-refractivity contribution in [3.63, 3.8) is 0 Å². The van der Waals surface area contributed by atoms with Gasteiger partial charge < -0.3 is 9.97 Å². The zero-order valence-corrected chi connectivity index (χ0v) is 20.3. The molecule has 180 valence electrons. The summed E-state index contributed by atoms with van der Waals surface area (Å²) in [5.74, 6) is 0. The molecule has 0 spiro atoms. The van der Waals surface area contributed by atoms with E-state index in [9.17, 15) is 0 Å². The van der Waals surface area contributed by atoms with Crippen molar-refractivity contribution in [1.29, 1.82) is 0 Å². The highest BCUT2D eigenvalue weighted by Crippen LogP contribution is 2.21. The second kappa shape index (κ2) is 9.26. The van der Waals surface area contributed by atoms with Gasteiger partial charge in [-0.2, -0.15) is 0 Å². The molecule has 7 heterocycles. The normalized spacial score (nSPS) is 12.0. The fourth-order valence-corrected chi connectivity index (χ4v) is 4.64. The summed E-state index contributed by atoms with van der Waals surface area (Å²) in [4.78, 5) is 24.7. The molecule has 38 heavy (non-hydrogen) atoms. The summed E-state index contributed by atoms with van der Waals surface area (Å²) in [5, 5.41) is 2.28. The molecule has 0 saturated heterocycles. The molecule has 0 unspecified atom stereocenters. The topological polar surface area (TPSA) is 83.1 Å². The molecule has 0 fully saturated rings. The molecule has 2 aliphatic heterocycles. The molecule has 0 radical (unpaired) electrons. The van der Waals surface area contributed by atoms with Gasteiger partial charge in [-0.25, -0.2) is 9.97 Å². The van der Waals surface area contributed by atoms with Gasteiger partial charge in [-0.15, -0.1) is 0 Å². The Bertz CT molecular complexity index is 1900. The summed E-state index contributed by atoms with van der Waals surface area (Å²) in [6, 6.07) is 28.5. The van der Waals surface area contributed by atoms with E-state index in [1.54, 1.807) is 6.20 Å². The Hall–Kier alpha value is -5.36. The predicted molar refractivity (Wildman–Crippen MR) is 156 cm³/mol. The molecule has 0 aliphatic carbocycles. The first-order chi connectivity index (χ1) is 18.7. The van der Waals surface area contributed by atoms with Crippen LogP contribution in [-0.2, 0) is 0 Å². The molecule has 1 aromatic carbocycles. The summed E-state index contributed by atoms with van der Waals surface area (Å²) in [7, 11) is 0. The van der Waals surface area contributed by atoms with E-state index in [-0.39, 0.29) is 0 Å². The van der Waals surface area contributed by atoms with Crippen molar-refractivity contribution < 1.29 is 0 Å². The van der Waals surface area contributed by atoms with Crippen molar-refractivity contribution in [2.75, 3.05) is 0 Å². The van der Waals surface area contributed by atoms with Crippen LogP contribution in [0.3, 0.4) is 0 Å². The van der Waals surface area contributed by atoms with E-state index in [4.69, 9.17) is 0 Å². The lowest BCUT2D eigenvalue weighted by Gasteiger charge is -2.00. The summed E-state index contributed by atoms with van der Waals surface area (Å²) < 4.78 is 0. The Labute approximate surface area is 218 Å². The second-order valence-electron chi connectivity index (χ2n) is 9.12. The summed E-state index contributed by atoms with van der Waals surface area (Å²) in [5.41, 5.74) is 9.89. The first-order valence-corrected chi connectivity index (χ1v) is 12.4. The van der Waals surface area contributed by atoms with Crippen molar-refractivity contribution in [1.82, 2.24) is 29.9 Å². The van der Waals surface area contributed by atoms with Crippen LogP contribution in [0.25, 0.3) is 68.2 Å². The van der Waals surface area contributed by atoms with E-state index in [2.05, 4.69) is 78.4 Å². The van der Waals surface area contributed by atoms with Gasteiger partial charge in [0.15, 0.2) is 0 Å². The van der Waals surface area contributed by atoms with Gasteiger partial charge in [0.1, 0.15) is 0 Å². The van der Waals surface area contributed by atoms with Gasteiger partial charge in [-0.05, 0) is 97.1 Å². The smallest absolute Gasteiger partial charge is 0.0795 e. The van der Waals surface area contributed by atoms with Crippen LogP contribution >= 0.6 is 0 Å². The lowest BCUT2D eigenvalue weighted by Crippen LogP contribution is -1.82. The minimum absolute atomic E-state index is 0.915. The fraction of sp³-hybridized carbons (Fsp3) is 0. The lowest BCUT2D eigenvalue weighted by molar-refractivity contribution is 1.28. The SMILES string of the molecule is C1=Cc2cc3ccc(cc4ccc(cc5nc(cc1n2)C=C5)[nH]4)[nH]3.c1cnc2c(c1)ccc1ncccc12. The number of nitrogens with one attached hydrogen (secondary N) is 2. The van der Waals surface area contributed by atoms with E-state index in [0.29, 0.717) is 0 Å². The van der Waals surface area contributed by atoms with E-state index < -0.39 is 0 Å². The zero-order chi connectivity index (χ0) is 25.3. The van der Waals surface area contributed by atoms with Crippen LogP contribution < -0.4 is 0 Å². The highest BCUT2D eigenvalue weighted by Gasteiger charge is 2.02. The first-order valence-electron chi connectivity index (χ1n) is 12.4. The molecule has 0 atom stereocenters. The molecule has 0 amide bonds. The van der Waals surface area contributed by atoms with Gasteiger partial charge in [0.2, 0.25) is 0 Å². The largest absolute Gasteiger partial charge is 0.355 e. The van der Waals surface area contributed by atoms with Crippen molar-refractivity contribution in [3.05, 3.63) is 120 Å². The van der Waals surface area contributed by atoms with Crippen LogP contribution in [0.2, 0.25) is 0 Å². The van der Waals surface area contributed by atoms with E-state index in [1.165, 1.54) is 0 Å². The molecule has 2 N–H and O–H groups in total. The van der Waals surface area contributed by atoms with Crippen LogP contribution in [0.4, 0.5) is 0 Å². The number of hydrogen-bond acceptors (Lipinski definition) is 4. The van der Waals surface area contributed by atoms with Crippen LogP contribution in [0.15, 0.2) is 97.3 Å². The lowest BCUT2D eigenvalue weighted by atomic mass is 10.1. The van der Waals surface area contributed by atoms with Crippen molar-refractivity contribution in [2.45, 2.75) is 0 Å². The quantitative estimate of drug-likeness (QED) is 0.216. The van der Waals surface area contributed by atoms with Gasteiger partial charge in [0, 0.05) is 45.2 Å². The number of hydrogen-bond donors (Lipinski definition) is 2. The fourth-order valence-electron chi connectivity index (χ4n) is 4.64. The predicted octanol–water partition coefficient (Wildman–Crippen LogP) is 7.44. The average Bonchev–Trinajstić information content (AvgIpc) is 3.76. The Kier molecular flexibility index (Phi) is 5.33. The molecule has 6 heteroatoms. The number of pyridine rings is 2. The van der Waals surface area contributed by atoms with Crippen molar-refractivity contribution >= 4 is 68.2 Å². The monoisotopic (exact) mass is 490 g/mol. The minimum atomic E-state index is 0.915. The second-order valence-corrected chi connectivity index (χ2v) is 9.12. The summed E-state index contributed by atoms with van der Waals surface area (Å²) in [6.45, 7) is 0. The molecule has 0 saturated carbocycles. The number of aromatic nitrogens is 6. The molecular weight excluding hydrogens is 468 g/mol. The van der Waals surface area contributed by atoms with Gasteiger partial charge in [0.25, 0.3) is 0 Å². The highest BCUT2D eigenvalue weighted by molar-refractivity contribution is 6.03. The molecule has 8 bridgehead atoms. The van der Waals surface area contributed by atoms with Crippen molar-refractivity contribution in [2.24, 2.45) is 0 Å². The molecule has 2 aliphatic rings. The third kappa shape index (κ3) is 4.47. The molecule has 6 nitrogen and oxygen atoms in total. The number of fused-ring (bicyclic) bond motifs is 11. The summed E-state index contributed by atoms with van der Waals surface area (Å²) >= 11 is 0. The Morgan fingerprint density at radius 2 is 1.03 bits per heavy atom. The summed E-state index contributed by atoms with van der Waals surface area (Å²) in [6.07, 6.45) is 11.7. The Balaban J connectivity index is 0.000000147. The van der Waals surface area contributed by atoms with E-state index in [0.717, 1.165) is 66.6 Å². The van der Waals surface area contributed by atoms with Crippen LogP contribution in [0.5, 0.6) is 0 Å². The molecule has 8 rings (SSSR count). The molecule has 6 aromatic rings. The number of nitrogens with zero attached hydrogens (tertiary/aromatic N) is 4. The molecular formula is C32H22N6. The van der Waals surface area contributed by atoms with Crippen LogP contribution in [0.1, 0.15) is 22.8 Å². The number of aromatic amines is 2. The van der Waals surface area contributed by atoms with E-state index in [1.807, 2.05) is 66.9 Å². The number of H-pyrrole nitrogens is 2.